The zero-order valence-corrected chi connectivity index (χ0v) is 19.0. The lowest BCUT2D eigenvalue weighted by Crippen LogP contribution is -2.45. The van der Waals surface area contributed by atoms with Crippen LogP contribution in [0.4, 0.5) is 10.1 Å². The van der Waals surface area contributed by atoms with Gasteiger partial charge in [-0.15, -0.1) is 0 Å². The number of halogens is 2. The van der Waals surface area contributed by atoms with E-state index in [0.29, 0.717) is 23.8 Å². The summed E-state index contributed by atoms with van der Waals surface area (Å²) < 4.78 is 14.3. The van der Waals surface area contributed by atoms with Gasteiger partial charge in [-0.3, -0.25) is 19.7 Å². The van der Waals surface area contributed by atoms with Crippen LogP contribution in [-0.2, 0) is 9.59 Å². The Labute approximate surface area is 192 Å². The lowest BCUT2D eigenvalue weighted by molar-refractivity contribution is -0.128. The molecule has 2 aromatic rings. The van der Waals surface area contributed by atoms with Gasteiger partial charge in [-0.1, -0.05) is 37.6 Å². The summed E-state index contributed by atoms with van der Waals surface area (Å²) in [7, 11) is 0. The second-order valence-corrected chi connectivity index (χ2v) is 7.53. The van der Waals surface area contributed by atoms with Gasteiger partial charge in [0.1, 0.15) is 5.82 Å². The van der Waals surface area contributed by atoms with Gasteiger partial charge in [-0.25, -0.2) is 4.39 Å². The number of hydrogen-bond donors (Lipinski definition) is 2. The number of imide groups is 1. The fraction of sp³-hybridized carbons (Fsp3) is 0.348. The Bertz CT molecular complexity index is 966. The van der Waals surface area contributed by atoms with Crippen LogP contribution in [0.15, 0.2) is 42.5 Å². The summed E-state index contributed by atoms with van der Waals surface area (Å²) in [5.41, 5.74) is 5.77. The highest BCUT2D eigenvalue weighted by molar-refractivity contribution is 6.31. The molecule has 0 saturated carbocycles. The highest BCUT2D eigenvalue weighted by Crippen LogP contribution is 2.27. The normalized spacial score (nSPS) is 10.8. The minimum atomic E-state index is -0.649. The monoisotopic (exact) mass is 462 g/mol. The van der Waals surface area contributed by atoms with Crippen molar-refractivity contribution >= 4 is 34.9 Å². The quantitative estimate of drug-likeness (QED) is 0.498. The van der Waals surface area contributed by atoms with E-state index in [0.717, 1.165) is 13.1 Å². The van der Waals surface area contributed by atoms with Crippen molar-refractivity contribution in [1.29, 1.82) is 0 Å². The molecule has 0 atom stereocenters. The van der Waals surface area contributed by atoms with Crippen molar-refractivity contribution in [3.05, 3.63) is 64.4 Å². The Hall–Kier alpha value is -2.81. The highest BCUT2D eigenvalue weighted by Gasteiger charge is 2.23. The summed E-state index contributed by atoms with van der Waals surface area (Å²) in [4.78, 5) is 41.0. The van der Waals surface area contributed by atoms with Crippen LogP contribution < -0.4 is 16.0 Å². The maximum absolute atomic E-state index is 14.3. The van der Waals surface area contributed by atoms with E-state index in [-0.39, 0.29) is 24.2 Å². The lowest BCUT2D eigenvalue weighted by Gasteiger charge is -2.29. The van der Waals surface area contributed by atoms with Crippen LogP contribution in [0.2, 0.25) is 5.02 Å². The van der Waals surface area contributed by atoms with Gasteiger partial charge >= 0.3 is 0 Å². The average molecular weight is 463 g/mol. The number of carbonyl (C=O) groups is 3. The molecule has 0 saturated heterocycles. The Morgan fingerprint density at radius 3 is 2.31 bits per heavy atom. The Morgan fingerprint density at radius 2 is 1.69 bits per heavy atom. The Morgan fingerprint density at radius 1 is 1.00 bits per heavy atom. The number of rotatable bonds is 11. The molecule has 0 aliphatic carbocycles. The Kier molecular flexibility index (Phi) is 9.77. The zero-order valence-electron chi connectivity index (χ0n) is 18.2. The number of ketones is 1. The molecule has 0 spiro atoms. The molecule has 9 heteroatoms. The number of amides is 2. The molecule has 32 heavy (non-hydrogen) atoms. The summed E-state index contributed by atoms with van der Waals surface area (Å²) in [6, 6.07) is 10.4. The highest BCUT2D eigenvalue weighted by atomic mass is 35.5. The number of nitrogens with zero attached hydrogens (tertiary/aromatic N) is 2. The van der Waals surface area contributed by atoms with Crippen LogP contribution >= 0.6 is 11.6 Å². The second kappa shape index (κ2) is 12.3. The summed E-state index contributed by atoms with van der Waals surface area (Å²) in [5.74, 6) is -2.35. The molecule has 2 amide bonds. The number of nitrogens with one attached hydrogen (secondary N) is 1. The van der Waals surface area contributed by atoms with Crippen LogP contribution in [-0.4, -0.2) is 61.8 Å². The first-order valence-electron chi connectivity index (χ1n) is 10.4. The molecule has 2 rings (SSSR count). The number of anilines is 1. The van der Waals surface area contributed by atoms with Crippen LogP contribution in [0.3, 0.4) is 0 Å². The van der Waals surface area contributed by atoms with Crippen LogP contribution in [0.25, 0.3) is 0 Å². The topological polar surface area (TPSA) is 95.7 Å². The molecule has 0 radical (unpaired) electrons. The van der Waals surface area contributed by atoms with E-state index < -0.39 is 23.4 Å². The predicted octanol–water partition coefficient (Wildman–Crippen LogP) is 2.46. The van der Waals surface area contributed by atoms with E-state index in [2.05, 4.69) is 10.2 Å². The molecule has 0 aromatic heterocycles. The van der Waals surface area contributed by atoms with Gasteiger partial charge in [0.05, 0.1) is 18.7 Å². The zero-order chi connectivity index (χ0) is 23.7. The number of carbonyl (C=O) groups excluding carboxylic acids is 3. The molecule has 3 N–H and O–H groups in total. The number of likely N-dealkylation sites (N-methyl/N-ethyl adjacent to an activating group) is 1. The summed E-state index contributed by atoms with van der Waals surface area (Å²) in [5, 5.41) is 2.52. The smallest absolute Gasteiger partial charge is 0.246 e. The number of benzene rings is 2. The Balaban J connectivity index is 2.44. The van der Waals surface area contributed by atoms with Gasteiger partial charge in [0.2, 0.25) is 11.8 Å². The summed E-state index contributed by atoms with van der Waals surface area (Å²) in [6.07, 6.45) is 0. The van der Waals surface area contributed by atoms with Crippen molar-refractivity contribution in [2.45, 2.75) is 13.8 Å². The minimum Gasteiger partial charge on any atom is -0.360 e. The van der Waals surface area contributed by atoms with E-state index >= 15 is 0 Å². The summed E-state index contributed by atoms with van der Waals surface area (Å²) in [6.45, 7) is 6.17. The molecule has 0 aliphatic heterocycles. The van der Waals surface area contributed by atoms with Gasteiger partial charge in [-0.2, -0.15) is 0 Å². The molecule has 2 aromatic carbocycles. The second-order valence-electron chi connectivity index (χ2n) is 7.09. The van der Waals surface area contributed by atoms with Crippen molar-refractivity contribution in [2.75, 3.05) is 44.2 Å². The molecule has 172 valence electrons. The third kappa shape index (κ3) is 6.85. The van der Waals surface area contributed by atoms with E-state index in [9.17, 15) is 18.8 Å². The first-order chi connectivity index (χ1) is 15.3. The standard InChI is InChI=1S/C23H28ClFN4O3/c1-3-28(4-2)11-12-29(15-22(31)27-21(30)14-26)20-10-9-16(24)13-18(20)23(32)17-7-5-6-8-19(17)25/h5-10,13H,3-4,11-12,14-15,26H2,1-2H3,(H,27,30,31). The average Bonchev–Trinajstić information content (AvgIpc) is 2.78. The van der Waals surface area contributed by atoms with Gasteiger partial charge in [0.15, 0.2) is 5.78 Å². The molecule has 7 nitrogen and oxygen atoms in total. The van der Waals surface area contributed by atoms with E-state index in [1.54, 1.807) is 23.1 Å². The molecule has 0 fully saturated rings. The third-order valence-electron chi connectivity index (χ3n) is 5.04. The van der Waals surface area contributed by atoms with Gasteiger partial charge < -0.3 is 15.5 Å². The van der Waals surface area contributed by atoms with E-state index in [1.807, 2.05) is 13.8 Å². The van der Waals surface area contributed by atoms with Crippen molar-refractivity contribution < 1.29 is 18.8 Å². The number of hydrogen-bond acceptors (Lipinski definition) is 6. The molecule has 0 unspecified atom stereocenters. The third-order valence-corrected chi connectivity index (χ3v) is 5.28. The van der Waals surface area contributed by atoms with Crippen LogP contribution in [0.1, 0.15) is 29.8 Å². The van der Waals surface area contributed by atoms with Gasteiger partial charge in [0.25, 0.3) is 0 Å². The molecule has 0 bridgehead atoms. The van der Waals surface area contributed by atoms with Gasteiger partial charge in [0, 0.05) is 29.4 Å². The molecular formula is C23H28ClFN4O3. The lowest BCUT2D eigenvalue weighted by atomic mass is 10.0. The first-order valence-corrected chi connectivity index (χ1v) is 10.8. The molecule has 0 aliphatic rings. The van der Waals surface area contributed by atoms with Crippen molar-refractivity contribution in [3.8, 4) is 0 Å². The van der Waals surface area contributed by atoms with Crippen molar-refractivity contribution in [1.82, 2.24) is 10.2 Å². The van der Waals surface area contributed by atoms with Crippen molar-refractivity contribution in [2.24, 2.45) is 5.73 Å². The first kappa shape index (κ1) is 25.5. The predicted molar refractivity (Wildman–Crippen MR) is 123 cm³/mol. The van der Waals surface area contributed by atoms with E-state index in [1.165, 1.54) is 24.3 Å². The van der Waals surface area contributed by atoms with Crippen LogP contribution in [0, 0.1) is 5.82 Å². The maximum Gasteiger partial charge on any atom is 0.246 e. The van der Waals surface area contributed by atoms with Crippen molar-refractivity contribution in [3.63, 3.8) is 0 Å². The SMILES string of the molecule is CCN(CC)CCN(CC(=O)NC(=O)CN)c1ccc(Cl)cc1C(=O)c1ccccc1F. The van der Waals surface area contributed by atoms with Crippen LogP contribution in [0.5, 0.6) is 0 Å². The van der Waals surface area contributed by atoms with E-state index in [4.69, 9.17) is 17.3 Å². The fourth-order valence-electron chi connectivity index (χ4n) is 3.26. The fourth-order valence-corrected chi connectivity index (χ4v) is 3.43. The maximum atomic E-state index is 14.3. The largest absolute Gasteiger partial charge is 0.360 e. The summed E-state index contributed by atoms with van der Waals surface area (Å²) >= 11 is 6.15. The minimum absolute atomic E-state index is 0.0949. The number of nitrogens with two attached hydrogens (primary N) is 1. The van der Waals surface area contributed by atoms with Gasteiger partial charge in [-0.05, 0) is 43.4 Å². The molecular weight excluding hydrogens is 435 g/mol. The molecule has 0 heterocycles.